The van der Waals surface area contributed by atoms with Gasteiger partial charge in [0, 0.05) is 11.6 Å². The lowest BCUT2D eigenvalue weighted by molar-refractivity contribution is 0.407. The van der Waals surface area contributed by atoms with Gasteiger partial charge < -0.3 is 14.6 Å². The predicted octanol–water partition coefficient (Wildman–Crippen LogP) is 3.22. The number of methoxy groups -OCH3 is 2. The minimum absolute atomic E-state index is 0.0200. The van der Waals surface area contributed by atoms with Crippen LogP contribution in [0.4, 0.5) is 4.39 Å². The molecule has 0 unspecified atom stereocenters. The van der Waals surface area contributed by atoms with Crippen molar-refractivity contribution >= 4 is 0 Å². The fourth-order valence-electron chi connectivity index (χ4n) is 1.71. The van der Waals surface area contributed by atoms with Gasteiger partial charge in [0.1, 0.15) is 23.1 Å². The number of phenolic OH excluding ortho intramolecular Hbond substituents is 1. The Morgan fingerprint density at radius 2 is 1.67 bits per heavy atom. The second-order valence-corrected chi connectivity index (χ2v) is 3.77. The third-order valence-corrected chi connectivity index (χ3v) is 2.61. The lowest BCUT2D eigenvalue weighted by Crippen LogP contribution is -1.89. The molecule has 0 bridgehead atoms. The molecule has 2 aromatic carbocycles. The summed E-state index contributed by atoms with van der Waals surface area (Å²) in [6, 6.07) is 9.02. The zero-order valence-corrected chi connectivity index (χ0v) is 10.1. The van der Waals surface area contributed by atoms with Gasteiger partial charge in [-0.25, -0.2) is 4.39 Å². The van der Waals surface area contributed by atoms with Crippen LogP contribution in [0.3, 0.4) is 0 Å². The Hall–Kier alpha value is -2.23. The molecule has 0 saturated carbocycles. The van der Waals surface area contributed by atoms with Crippen LogP contribution in [-0.2, 0) is 0 Å². The molecule has 0 amide bonds. The van der Waals surface area contributed by atoms with Crippen LogP contribution in [0.2, 0.25) is 0 Å². The molecule has 94 valence electrons. The van der Waals surface area contributed by atoms with Gasteiger partial charge >= 0.3 is 0 Å². The van der Waals surface area contributed by atoms with Crippen molar-refractivity contribution in [1.29, 1.82) is 0 Å². The van der Waals surface area contributed by atoms with Crippen LogP contribution in [0.5, 0.6) is 17.2 Å². The Bertz CT molecular complexity index is 567. The van der Waals surface area contributed by atoms with Gasteiger partial charge in [-0.05, 0) is 35.9 Å². The summed E-state index contributed by atoms with van der Waals surface area (Å²) in [7, 11) is 3.00. The number of hydrogen-bond donors (Lipinski definition) is 1. The summed E-state index contributed by atoms with van der Waals surface area (Å²) in [4.78, 5) is 0. The van der Waals surface area contributed by atoms with Crippen molar-refractivity contribution in [2.75, 3.05) is 14.2 Å². The molecule has 0 aromatic heterocycles. The van der Waals surface area contributed by atoms with Crippen molar-refractivity contribution < 1.29 is 19.0 Å². The highest BCUT2D eigenvalue weighted by Gasteiger charge is 2.09. The molecule has 0 heterocycles. The number of benzene rings is 2. The number of phenols is 1. The fourth-order valence-corrected chi connectivity index (χ4v) is 1.71. The molecular formula is C14H13FO3. The minimum atomic E-state index is -0.386. The molecule has 0 radical (unpaired) electrons. The number of aromatic hydroxyl groups is 1. The van der Waals surface area contributed by atoms with Crippen molar-refractivity contribution in [3.05, 3.63) is 42.2 Å². The topological polar surface area (TPSA) is 38.7 Å². The summed E-state index contributed by atoms with van der Waals surface area (Å²) in [5.74, 6) is 0.649. The summed E-state index contributed by atoms with van der Waals surface area (Å²) in [5.41, 5.74) is 0.881. The first-order valence-corrected chi connectivity index (χ1v) is 5.36. The van der Waals surface area contributed by atoms with Crippen LogP contribution in [0.25, 0.3) is 11.1 Å². The van der Waals surface area contributed by atoms with Crippen molar-refractivity contribution in [3.8, 4) is 28.4 Å². The van der Waals surface area contributed by atoms with Gasteiger partial charge in [0.15, 0.2) is 0 Å². The molecule has 4 heteroatoms. The van der Waals surface area contributed by atoms with Crippen molar-refractivity contribution in [1.82, 2.24) is 0 Å². The lowest BCUT2D eigenvalue weighted by Gasteiger charge is -2.09. The van der Waals surface area contributed by atoms with Crippen LogP contribution in [-0.4, -0.2) is 19.3 Å². The molecule has 0 aliphatic heterocycles. The molecule has 2 aromatic rings. The quantitative estimate of drug-likeness (QED) is 0.906. The van der Waals surface area contributed by atoms with Gasteiger partial charge in [0.2, 0.25) is 0 Å². The van der Waals surface area contributed by atoms with Crippen molar-refractivity contribution in [2.45, 2.75) is 0 Å². The molecule has 2 rings (SSSR count). The van der Waals surface area contributed by atoms with Crippen LogP contribution >= 0.6 is 0 Å². The van der Waals surface area contributed by atoms with Gasteiger partial charge in [-0.3, -0.25) is 0 Å². The van der Waals surface area contributed by atoms with E-state index in [4.69, 9.17) is 9.47 Å². The van der Waals surface area contributed by atoms with Crippen molar-refractivity contribution in [3.63, 3.8) is 0 Å². The van der Waals surface area contributed by atoms with Crippen LogP contribution in [0.15, 0.2) is 36.4 Å². The molecule has 0 spiro atoms. The SMILES string of the molecule is COc1cc(O)cc(-c2cc(OC)ccc2F)c1. The zero-order valence-electron chi connectivity index (χ0n) is 10.1. The third-order valence-electron chi connectivity index (χ3n) is 2.61. The Labute approximate surface area is 104 Å². The second-order valence-electron chi connectivity index (χ2n) is 3.77. The monoisotopic (exact) mass is 248 g/mol. The van der Waals surface area contributed by atoms with E-state index >= 15 is 0 Å². The smallest absolute Gasteiger partial charge is 0.131 e. The minimum Gasteiger partial charge on any atom is -0.508 e. The maximum absolute atomic E-state index is 13.8. The second kappa shape index (κ2) is 4.96. The largest absolute Gasteiger partial charge is 0.508 e. The van der Waals surface area contributed by atoms with Crippen LogP contribution in [0.1, 0.15) is 0 Å². The number of hydrogen-bond acceptors (Lipinski definition) is 3. The van der Waals surface area contributed by atoms with E-state index < -0.39 is 0 Å². The third kappa shape index (κ3) is 2.37. The first-order chi connectivity index (χ1) is 8.63. The molecule has 0 fully saturated rings. The lowest BCUT2D eigenvalue weighted by atomic mass is 10.0. The van der Waals surface area contributed by atoms with Crippen LogP contribution in [0, 0.1) is 5.82 Å². The van der Waals surface area contributed by atoms with E-state index in [2.05, 4.69) is 0 Å². The average Bonchev–Trinajstić information content (AvgIpc) is 2.38. The first kappa shape index (κ1) is 12.2. The van der Waals surface area contributed by atoms with Gasteiger partial charge in [-0.2, -0.15) is 0 Å². The van der Waals surface area contributed by atoms with Gasteiger partial charge in [0.25, 0.3) is 0 Å². The summed E-state index contributed by atoms with van der Waals surface area (Å²) in [6.45, 7) is 0. The Balaban J connectivity index is 2.56. The van der Waals surface area contributed by atoms with E-state index in [9.17, 15) is 9.50 Å². The normalized spacial score (nSPS) is 10.2. The number of ether oxygens (including phenoxy) is 2. The first-order valence-electron chi connectivity index (χ1n) is 5.36. The molecule has 18 heavy (non-hydrogen) atoms. The highest BCUT2D eigenvalue weighted by Crippen LogP contribution is 2.32. The van der Waals surface area contributed by atoms with Crippen molar-refractivity contribution in [2.24, 2.45) is 0 Å². The predicted molar refractivity (Wildman–Crippen MR) is 66.6 cm³/mol. The number of rotatable bonds is 3. The van der Waals surface area contributed by atoms with E-state index in [1.54, 1.807) is 18.2 Å². The van der Waals surface area contributed by atoms with Gasteiger partial charge in [-0.1, -0.05) is 0 Å². The van der Waals surface area contributed by atoms with Gasteiger partial charge in [-0.15, -0.1) is 0 Å². The van der Waals surface area contributed by atoms with E-state index in [1.165, 1.54) is 32.4 Å². The maximum Gasteiger partial charge on any atom is 0.131 e. The molecule has 0 saturated heterocycles. The standard InChI is InChI=1S/C14H13FO3/c1-17-11-3-4-14(15)13(8-11)9-5-10(16)7-12(6-9)18-2/h3-8,16H,1-2H3. The highest BCUT2D eigenvalue weighted by molar-refractivity contribution is 5.69. The van der Waals surface area contributed by atoms with E-state index in [1.807, 2.05) is 0 Å². The Kier molecular flexibility index (Phi) is 3.37. The average molecular weight is 248 g/mol. The van der Waals surface area contributed by atoms with Crippen LogP contribution < -0.4 is 9.47 Å². The van der Waals surface area contributed by atoms with E-state index in [0.717, 1.165) is 0 Å². The molecule has 3 nitrogen and oxygen atoms in total. The molecule has 0 aliphatic rings. The summed E-state index contributed by atoms with van der Waals surface area (Å²) < 4.78 is 23.9. The Morgan fingerprint density at radius 1 is 0.944 bits per heavy atom. The highest BCUT2D eigenvalue weighted by atomic mass is 19.1. The van der Waals surface area contributed by atoms with Gasteiger partial charge in [0.05, 0.1) is 14.2 Å². The van der Waals surface area contributed by atoms with E-state index in [-0.39, 0.29) is 11.6 Å². The Morgan fingerprint density at radius 3 is 2.33 bits per heavy atom. The molecule has 1 N–H and O–H groups in total. The maximum atomic E-state index is 13.8. The summed E-state index contributed by atoms with van der Waals surface area (Å²) in [5, 5.41) is 9.57. The summed E-state index contributed by atoms with van der Waals surface area (Å²) in [6.07, 6.45) is 0. The van der Waals surface area contributed by atoms with E-state index in [0.29, 0.717) is 22.6 Å². The summed E-state index contributed by atoms with van der Waals surface area (Å²) >= 11 is 0. The zero-order chi connectivity index (χ0) is 13.1. The fraction of sp³-hybridized carbons (Fsp3) is 0.143. The molecule has 0 atom stereocenters. The molecule has 0 aliphatic carbocycles. The molecular weight excluding hydrogens is 235 g/mol. The number of halogens is 1.